The molecule has 1 unspecified atom stereocenters. The minimum Gasteiger partial charge on any atom is -0.491 e. The van der Waals surface area contributed by atoms with E-state index < -0.39 is 13.0 Å². The predicted molar refractivity (Wildman–Crippen MR) is 75.3 cm³/mol. The van der Waals surface area contributed by atoms with Crippen LogP contribution in [0.15, 0.2) is 24.3 Å². The molecule has 1 atom stereocenters. The molecular weight excluding hydrogens is 318 g/mol. The van der Waals surface area contributed by atoms with Crippen molar-refractivity contribution in [2.24, 2.45) is 0 Å². The number of ether oxygens (including phenoxy) is 2. The Bertz CT molecular complexity index is 355. The summed E-state index contributed by atoms with van der Waals surface area (Å²) in [6.45, 7) is 3.76. The van der Waals surface area contributed by atoms with Gasteiger partial charge >= 0.3 is 0 Å². The van der Waals surface area contributed by atoms with E-state index in [0.29, 0.717) is 13.0 Å². The zero-order valence-corrected chi connectivity index (χ0v) is 12.7. The molecule has 108 valence electrons. The van der Waals surface area contributed by atoms with Crippen LogP contribution >= 0.6 is 15.9 Å². The molecule has 19 heavy (non-hydrogen) atoms. The van der Waals surface area contributed by atoms with Crippen LogP contribution in [0, 0.1) is 0 Å². The lowest BCUT2D eigenvalue weighted by Crippen LogP contribution is -2.07. The van der Waals surface area contributed by atoms with Gasteiger partial charge < -0.3 is 9.47 Å². The second kappa shape index (κ2) is 8.48. The quantitative estimate of drug-likeness (QED) is 0.511. The Labute approximate surface area is 121 Å². The lowest BCUT2D eigenvalue weighted by atomic mass is 10.1. The highest BCUT2D eigenvalue weighted by molar-refractivity contribution is 9.09. The fraction of sp³-hybridized carbons (Fsp3) is 0.571. The number of rotatable bonds is 8. The molecule has 5 heteroatoms. The molecule has 0 aliphatic heterocycles. The summed E-state index contributed by atoms with van der Waals surface area (Å²) in [6, 6.07) is 7.74. The summed E-state index contributed by atoms with van der Waals surface area (Å²) in [5, 5.41) is 0. The van der Waals surface area contributed by atoms with E-state index in [4.69, 9.17) is 9.47 Å². The summed E-state index contributed by atoms with van der Waals surface area (Å²) in [5.74, 6) is 0.826. The van der Waals surface area contributed by atoms with Gasteiger partial charge in [-0.3, -0.25) is 0 Å². The van der Waals surface area contributed by atoms with Crippen molar-refractivity contribution in [2.45, 2.75) is 37.6 Å². The summed E-state index contributed by atoms with van der Waals surface area (Å²) < 4.78 is 34.2. The average molecular weight is 337 g/mol. The Kier molecular flexibility index (Phi) is 7.31. The monoisotopic (exact) mass is 336 g/mol. The van der Waals surface area contributed by atoms with Crippen molar-refractivity contribution in [1.29, 1.82) is 0 Å². The first-order valence-corrected chi connectivity index (χ1v) is 7.17. The van der Waals surface area contributed by atoms with Crippen molar-refractivity contribution in [2.75, 3.05) is 13.2 Å². The van der Waals surface area contributed by atoms with Gasteiger partial charge in [-0.15, -0.1) is 0 Å². The minimum absolute atomic E-state index is 0.0956. The van der Waals surface area contributed by atoms with Crippen molar-refractivity contribution in [3.63, 3.8) is 0 Å². The van der Waals surface area contributed by atoms with Crippen molar-refractivity contribution >= 4 is 15.9 Å². The second-order valence-corrected chi connectivity index (χ2v) is 5.56. The molecule has 0 amide bonds. The van der Waals surface area contributed by atoms with Gasteiger partial charge in [-0.05, 0) is 38.0 Å². The molecule has 0 N–H and O–H groups in total. The van der Waals surface area contributed by atoms with E-state index in [2.05, 4.69) is 15.9 Å². The van der Waals surface area contributed by atoms with Crippen molar-refractivity contribution in [1.82, 2.24) is 0 Å². The smallest absolute Gasteiger partial charge is 0.261 e. The van der Waals surface area contributed by atoms with Crippen LogP contribution in [0.25, 0.3) is 0 Å². The lowest BCUT2D eigenvalue weighted by Gasteiger charge is -2.13. The maximum absolute atomic E-state index is 11.9. The molecule has 0 spiro atoms. The molecule has 0 aliphatic carbocycles. The summed E-state index contributed by atoms with van der Waals surface area (Å²) in [7, 11) is 0. The second-order valence-electron chi connectivity index (χ2n) is 4.46. The first-order valence-electron chi connectivity index (χ1n) is 6.25. The number of alkyl halides is 3. The van der Waals surface area contributed by atoms with Crippen LogP contribution in [0.4, 0.5) is 8.78 Å². The topological polar surface area (TPSA) is 18.5 Å². The van der Waals surface area contributed by atoms with Gasteiger partial charge in [-0.2, -0.15) is 0 Å². The standard InChI is InChI=1S/C14H19BrF2O2/c1-10(2)19-12-5-3-11(4-6-12)13(15)7-8-18-9-14(16)17/h3-6,10,13-14H,7-9H2,1-2H3. The molecule has 2 nitrogen and oxygen atoms in total. The highest BCUT2D eigenvalue weighted by Crippen LogP contribution is 2.28. The first-order chi connectivity index (χ1) is 8.99. The van der Waals surface area contributed by atoms with Crippen molar-refractivity contribution < 1.29 is 18.3 Å². The van der Waals surface area contributed by atoms with E-state index >= 15 is 0 Å². The third-order valence-corrected chi connectivity index (χ3v) is 3.36. The van der Waals surface area contributed by atoms with Gasteiger partial charge in [-0.25, -0.2) is 8.78 Å². The number of halogens is 3. The summed E-state index contributed by atoms with van der Waals surface area (Å²) >= 11 is 3.52. The van der Waals surface area contributed by atoms with Gasteiger partial charge in [0, 0.05) is 11.4 Å². The van der Waals surface area contributed by atoms with Crippen molar-refractivity contribution in [3.8, 4) is 5.75 Å². The average Bonchev–Trinajstić information content (AvgIpc) is 2.34. The number of hydrogen-bond donors (Lipinski definition) is 0. The van der Waals surface area contributed by atoms with E-state index in [-0.39, 0.29) is 10.9 Å². The molecule has 0 bridgehead atoms. The van der Waals surface area contributed by atoms with Crippen LogP contribution in [0.5, 0.6) is 5.75 Å². The minimum atomic E-state index is -2.40. The van der Waals surface area contributed by atoms with Gasteiger partial charge in [0.2, 0.25) is 0 Å². The third kappa shape index (κ3) is 6.87. The van der Waals surface area contributed by atoms with Crippen LogP contribution in [0.2, 0.25) is 0 Å². The van der Waals surface area contributed by atoms with E-state index in [1.807, 2.05) is 38.1 Å². The van der Waals surface area contributed by atoms with Crippen molar-refractivity contribution in [3.05, 3.63) is 29.8 Å². The molecular formula is C14H19BrF2O2. The fourth-order valence-corrected chi connectivity index (χ4v) is 2.05. The van der Waals surface area contributed by atoms with Crippen LogP contribution in [0.1, 0.15) is 30.7 Å². The van der Waals surface area contributed by atoms with Gasteiger partial charge in [-0.1, -0.05) is 28.1 Å². The van der Waals surface area contributed by atoms with Gasteiger partial charge in [0.15, 0.2) is 0 Å². The zero-order valence-electron chi connectivity index (χ0n) is 11.1. The van der Waals surface area contributed by atoms with E-state index in [9.17, 15) is 8.78 Å². The molecule has 0 radical (unpaired) electrons. The maximum Gasteiger partial charge on any atom is 0.261 e. The maximum atomic E-state index is 11.9. The van der Waals surface area contributed by atoms with E-state index in [1.165, 1.54) is 0 Å². The molecule has 1 rings (SSSR count). The Hall–Kier alpha value is -0.680. The van der Waals surface area contributed by atoms with E-state index in [0.717, 1.165) is 11.3 Å². The molecule has 0 heterocycles. The highest BCUT2D eigenvalue weighted by Gasteiger charge is 2.09. The predicted octanol–water partition coefficient (Wildman–Crippen LogP) is 4.58. The summed E-state index contributed by atoms with van der Waals surface area (Å²) in [4.78, 5) is 0.0956. The van der Waals surface area contributed by atoms with Gasteiger partial charge in [0.1, 0.15) is 12.4 Å². The molecule has 1 aromatic rings. The van der Waals surface area contributed by atoms with Crippen LogP contribution in [0.3, 0.4) is 0 Å². The SMILES string of the molecule is CC(C)Oc1ccc(C(Br)CCOCC(F)F)cc1. The molecule has 0 fully saturated rings. The van der Waals surface area contributed by atoms with Gasteiger partial charge in [0.25, 0.3) is 6.43 Å². The van der Waals surface area contributed by atoms with E-state index in [1.54, 1.807) is 0 Å². The number of hydrogen-bond acceptors (Lipinski definition) is 2. The molecule has 0 saturated heterocycles. The zero-order chi connectivity index (χ0) is 14.3. The molecule has 0 saturated carbocycles. The largest absolute Gasteiger partial charge is 0.491 e. The first kappa shape index (κ1) is 16.4. The van der Waals surface area contributed by atoms with Gasteiger partial charge in [0.05, 0.1) is 6.10 Å². The fourth-order valence-electron chi connectivity index (χ4n) is 1.55. The molecule has 1 aromatic carbocycles. The summed E-state index contributed by atoms with van der Waals surface area (Å²) in [5.41, 5.74) is 1.08. The Balaban J connectivity index is 2.37. The van der Waals surface area contributed by atoms with Crippen LogP contribution in [-0.2, 0) is 4.74 Å². The Morgan fingerprint density at radius 2 is 1.79 bits per heavy atom. The van der Waals surface area contributed by atoms with Crippen LogP contribution < -0.4 is 4.74 Å². The van der Waals surface area contributed by atoms with Crippen LogP contribution in [-0.4, -0.2) is 25.7 Å². The normalized spacial score (nSPS) is 13.0. The summed E-state index contributed by atoms with van der Waals surface area (Å²) in [6.07, 6.45) is -1.61. The Morgan fingerprint density at radius 3 is 2.32 bits per heavy atom. The number of benzene rings is 1. The lowest BCUT2D eigenvalue weighted by molar-refractivity contribution is 0.0167. The third-order valence-electron chi connectivity index (χ3n) is 2.37. The highest BCUT2D eigenvalue weighted by atomic mass is 79.9. The molecule has 0 aromatic heterocycles. The Morgan fingerprint density at radius 1 is 1.16 bits per heavy atom. The molecule has 0 aliphatic rings.